The van der Waals surface area contributed by atoms with Crippen molar-refractivity contribution in [2.45, 2.75) is 0 Å². The van der Waals surface area contributed by atoms with Crippen molar-refractivity contribution in [3.63, 3.8) is 0 Å². The first-order valence-corrected chi connectivity index (χ1v) is 7.48. The molecule has 0 spiro atoms. The number of non-ortho nitro benzene ring substituents is 1. The van der Waals surface area contributed by atoms with Crippen LogP contribution >= 0.6 is 12.2 Å². The number of hydrazone groups is 1. The molecule has 0 aliphatic rings. The highest BCUT2D eigenvalue weighted by molar-refractivity contribution is 7.80. The number of nitrogens with one attached hydrogen (secondary N) is 2. The molecule has 0 saturated carbocycles. The number of nitro groups is 1. The van der Waals surface area contributed by atoms with Gasteiger partial charge >= 0.3 is 5.97 Å². The Hall–Kier alpha value is -3.33. The van der Waals surface area contributed by atoms with Crippen molar-refractivity contribution in [2.24, 2.45) is 5.10 Å². The van der Waals surface area contributed by atoms with Crippen molar-refractivity contribution >= 4 is 35.2 Å². The third-order valence-corrected chi connectivity index (χ3v) is 3.29. The normalized spacial score (nSPS) is 10.3. The molecule has 0 aliphatic heterocycles. The SMILES string of the molecule is CNC(=S)N/N=C\c1ccc(OC(=O)c2cccc([N+](=O)[O-])c2)cc1. The van der Waals surface area contributed by atoms with Crippen molar-refractivity contribution in [1.29, 1.82) is 0 Å². The predicted octanol–water partition coefficient (Wildman–Crippen LogP) is 2.24. The van der Waals surface area contributed by atoms with Gasteiger partial charge in [0.05, 0.1) is 16.7 Å². The third-order valence-electron chi connectivity index (χ3n) is 2.99. The average molecular weight is 358 g/mol. The summed E-state index contributed by atoms with van der Waals surface area (Å²) in [6.45, 7) is 0. The molecule has 0 aliphatic carbocycles. The van der Waals surface area contributed by atoms with Crippen LogP contribution in [0.15, 0.2) is 53.6 Å². The van der Waals surface area contributed by atoms with E-state index in [1.54, 1.807) is 37.5 Å². The zero-order valence-electron chi connectivity index (χ0n) is 13.1. The number of nitro benzene ring substituents is 1. The summed E-state index contributed by atoms with van der Waals surface area (Å²) in [6, 6.07) is 11.9. The number of ether oxygens (including phenoxy) is 1. The van der Waals surface area contributed by atoms with E-state index in [0.717, 1.165) is 5.56 Å². The van der Waals surface area contributed by atoms with Crippen LogP contribution in [-0.2, 0) is 0 Å². The summed E-state index contributed by atoms with van der Waals surface area (Å²) < 4.78 is 5.20. The number of benzene rings is 2. The van der Waals surface area contributed by atoms with Crippen molar-refractivity contribution < 1.29 is 14.5 Å². The number of thiocarbonyl (C=S) groups is 1. The van der Waals surface area contributed by atoms with E-state index < -0.39 is 10.9 Å². The Labute approximate surface area is 148 Å². The lowest BCUT2D eigenvalue weighted by Crippen LogP contribution is -2.28. The first-order chi connectivity index (χ1) is 12.0. The quantitative estimate of drug-likeness (QED) is 0.211. The lowest BCUT2D eigenvalue weighted by molar-refractivity contribution is -0.384. The fourth-order valence-corrected chi connectivity index (χ4v) is 1.81. The first-order valence-electron chi connectivity index (χ1n) is 7.07. The second-order valence-corrected chi connectivity index (χ2v) is 5.12. The highest BCUT2D eigenvalue weighted by Crippen LogP contribution is 2.17. The van der Waals surface area contributed by atoms with E-state index in [2.05, 4.69) is 15.8 Å². The number of esters is 1. The number of nitrogens with zero attached hydrogens (tertiary/aromatic N) is 2. The second-order valence-electron chi connectivity index (χ2n) is 4.72. The Bertz CT molecular complexity index is 821. The fraction of sp³-hybridized carbons (Fsp3) is 0.0625. The van der Waals surface area contributed by atoms with E-state index in [-0.39, 0.29) is 11.3 Å². The number of carbonyl (C=O) groups excluding carboxylic acids is 1. The maximum atomic E-state index is 12.1. The molecule has 2 N–H and O–H groups in total. The highest BCUT2D eigenvalue weighted by Gasteiger charge is 2.13. The molecule has 2 aromatic carbocycles. The summed E-state index contributed by atoms with van der Waals surface area (Å²) >= 11 is 4.87. The smallest absolute Gasteiger partial charge is 0.343 e. The molecule has 2 aromatic rings. The van der Waals surface area contributed by atoms with Gasteiger partial charge < -0.3 is 10.1 Å². The monoisotopic (exact) mass is 358 g/mol. The fourth-order valence-electron chi connectivity index (χ4n) is 1.76. The van der Waals surface area contributed by atoms with E-state index in [1.165, 1.54) is 24.3 Å². The molecule has 0 fully saturated rings. The topological polar surface area (TPSA) is 106 Å². The summed E-state index contributed by atoms with van der Waals surface area (Å²) in [5.74, 6) is -0.362. The summed E-state index contributed by atoms with van der Waals surface area (Å²) in [5.41, 5.74) is 3.31. The van der Waals surface area contributed by atoms with Crippen LogP contribution in [-0.4, -0.2) is 29.3 Å². The van der Waals surface area contributed by atoms with Gasteiger partial charge in [-0.2, -0.15) is 5.10 Å². The summed E-state index contributed by atoms with van der Waals surface area (Å²) in [7, 11) is 1.68. The molecule has 8 nitrogen and oxygen atoms in total. The molecule has 0 atom stereocenters. The molecule has 0 bridgehead atoms. The van der Waals surface area contributed by atoms with E-state index in [9.17, 15) is 14.9 Å². The largest absolute Gasteiger partial charge is 0.423 e. The lowest BCUT2D eigenvalue weighted by Gasteiger charge is -2.05. The molecule has 25 heavy (non-hydrogen) atoms. The molecular formula is C16H14N4O4S. The van der Waals surface area contributed by atoms with Gasteiger partial charge in [0.2, 0.25) is 0 Å². The molecule has 128 valence electrons. The Morgan fingerprint density at radius 1 is 1.28 bits per heavy atom. The molecule has 0 unspecified atom stereocenters. The van der Waals surface area contributed by atoms with Crippen LogP contribution in [0.1, 0.15) is 15.9 Å². The van der Waals surface area contributed by atoms with Gasteiger partial charge in [0.25, 0.3) is 5.69 Å². The van der Waals surface area contributed by atoms with Gasteiger partial charge in [0, 0.05) is 19.2 Å². The molecule has 0 heterocycles. The minimum Gasteiger partial charge on any atom is -0.423 e. The summed E-state index contributed by atoms with van der Waals surface area (Å²) in [5, 5.41) is 17.8. The molecule has 0 saturated heterocycles. The molecule has 9 heteroatoms. The van der Waals surface area contributed by atoms with Crippen LogP contribution < -0.4 is 15.5 Å². The van der Waals surface area contributed by atoms with Crippen molar-refractivity contribution in [2.75, 3.05) is 7.05 Å². The van der Waals surface area contributed by atoms with E-state index in [0.29, 0.717) is 10.9 Å². The predicted molar refractivity (Wildman–Crippen MR) is 96.9 cm³/mol. The summed E-state index contributed by atoms with van der Waals surface area (Å²) in [6.07, 6.45) is 1.55. The van der Waals surface area contributed by atoms with Crippen LogP contribution in [0.3, 0.4) is 0 Å². The first kappa shape index (κ1) is 18.0. The second kappa shape index (κ2) is 8.50. The Kier molecular flexibility index (Phi) is 6.13. The minimum absolute atomic E-state index is 0.101. The number of hydrogen-bond acceptors (Lipinski definition) is 6. The van der Waals surface area contributed by atoms with Gasteiger partial charge in [-0.3, -0.25) is 15.5 Å². The standard InChI is InChI=1S/C16H14N4O4S/c1-17-16(25)19-18-10-11-5-7-14(8-6-11)24-15(21)12-3-2-4-13(9-12)20(22)23/h2-10H,1H3,(H2,17,19,25)/b18-10-. The highest BCUT2D eigenvalue weighted by atomic mass is 32.1. The summed E-state index contributed by atoms with van der Waals surface area (Å²) in [4.78, 5) is 22.2. The number of hydrogen-bond donors (Lipinski definition) is 2. The Balaban J connectivity index is 2.01. The minimum atomic E-state index is -0.675. The molecular weight excluding hydrogens is 344 g/mol. The van der Waals surface area contributed by atoms with Gasteiger partial charge in [-0.25, -0.2) is 4.79 Å². The van der Waals surface area contributed by atoms with Crippen molar-refractivity contribution in [3.8, 4) is 5.75 Å². The van der Waals surface area contributed by atoms with E-state index in [4.69, 9.17) is 17.0 Å². The maximum absolute atomic E-state index is 12.1. The van der Waals surface area contributed by atoms with Crippen LogP contribution in [0.4, 0.5) is 5.69 Å². The third kappa shape index (κ3) is 5.36. The van der Waals surface area contributed by atoms with Gasteiger partial charge in [-0.05, 0) is 48.1 Å². The number of rotatable bonds is 5. The van der Waals surface area contributed by atoms with Gasteiger partial charge in [0.15, 0.2) is 5.11 Å². The van der Waals surface area contributed by atoms with E-state index >= 15 is 0 Å². The van der Waals surface area contributed by atoms with Crippen LogP contribution in [0, 0.1) is 10.1 Å². The lowest BCUT2D eigenvalue weighted by atomic mass is 10.2. The van der Waals surface area contributed by atoms with Crippen LogP contribution in [0.25, 0.3) is 0 Å². The molecule has 2 rings (SSSR count). The zero-order chi connectivity index (χ0) is 18.2. The Morgan fingerprint density at radius 3 is 2.64 bits per heavy atom. The van der Waals surface area contributed by atoms with Crippen molar-refractivity contribution in [3.05, 3.63) is 69.8 Å². The van der Waals surface area contributed by atoms with Gasteiger partial charge in [0.1, 0.15) is 5.75 Å². The van der Waals surface area contributed by atoms with Crippen LogP contribution in [0.5, 0.6) is 5.75 Å². The zero-order valence-corrected chi connectivity index (χ0v) is 13.9. The molecule has 0 aromatic heterocycles. The van der Waals surface area contributed by atoms with Gasteiger partial charge in [-0.1, -0.05) is 6.07 Å². The van der Waals surface area contributed by atoms with Crippen LogP contribution in [0.2, 0.25) is 0 Å². The van der Waals surface area contributed by atoms with E-state index in [1.807, 2.05) is 0 Å². The maximum Gasteiger partial charge on any atom is 0.343 e. The molecule has 0 amide bonds. The average Bonchev–Trinajstić information content (AvgIpc) is 2.63. The molecule has 0 radical (unpaired) electrons. The van der Waals surface area contributed by atoms with Crippen molar-refractivity contribution in [1.82, 2.24) is 10.7 Å². The number of carbonyl (C=O) groups is 1. The van der Waals surface area contributed by atoms with Gasteiger partial charge in [-0.15, -0.1) is 0 Å². The Morgan fingerprint density at radius 2 is 2.00 bits per heavy atom.